The highest BCUT2D eigenvalue weighted by Gasteiger charge is 2.19. The molecule has 0 fully saturated rings. The molecule has 0 amide bonds. The second-order valence-electron chi connectivity index (χ2n) is 6.92. The van der Waals surface area contributed by atoms with Crippen LogP contribution >= 0.6 is 0 Å². The SMILES string of the molecule is O=c1oc(-c2ccccc2)c(-c2ccccc2)c2cccc(-c3ccccc3)c12. The highest BCUT2D eigenvalue weighted by molar-refractivity contribution is 6.07. The van der Waals surface area contributed by atoms with Gasteiger partial charge in [-0.2, -0.15) is 0 Å². The predicted molar refractivity (Wildman–Crippen MR) is 119 cm³/mol. The normalized spacial score (nSPS) is 10.9. The molecule has 4 aromatic carbocycles. The molecule has 0 aliphatic carbocycles. The molecule has 1 heterocycles. The van der Waals surface area contributed by atoms with Gasteiger partial charge in [0.1, 0.15) is 5.76 Å². The van der Waals surface area contributed by atoms with Gasteiger partial charge in [-0.05, 0) is 16.7 Å². The van der Waals surface area contributed by atoms with E-state index in [-0.39, 0.29) is 5.63 Å². The fourth-order valence-corrected chi connectivity index (χ4v) is 3.84. The second-order valence-corrected chi connectivity index (χ2v) is 6.92. The largest absolute Gasteiger partial charge is 0.422 e. The fraction of sp³-hybridized carbons (Fsp3) is 0. The van der Waals surface area contributed by atoms with Gasteiger partial charge >= 0.3 is 5.63 Å². The van der Waals surface area contributed by atoms with Crippen molar-refractivity contribution in [2.75, 3.05) is 0 Å². The molecular weight excluding hydrogens is 356 g/mol. The van der Waals surface area contributed by atoms with Crippen LogP contribution in [-0.2, 0) is 0 Å². The molecule has 1 aromatic heterocycles. The minimum absolute atomic E-state index is 0.321. The topological polar surface area (TPSA) is 30.2 Å². The maximum atomic E-state index is 13.2. The highest BCUT2D eigenvalue weighted by atomic mass is 16.4. The van der Waals surface area contributed by atoms with Crippen LogP contribution in [0.1, 0.15) is 0 Å². The molecule has 0 bridgehead atoms. The molecule has 0 atom stereocenters. The van der Waals surface area contributed by atoms with Gasteiger partial charge in [-0.1, -0.05) is 109 Å². The molecule has 0 saturated carbocycles. The monoisotopic (exact) mass is 374 g/mol. The maximum absolute atomic E-state index is 13.2. The van der Waals surface area contributed by atoms with E-state index in [0.29, 0.717) is 11.1 Å². The Balaban J connectivity index is 1.92. The smallest absolute Gasteiger partial charge is 0.344 e. The van der Waals surface area contributed by atoms with Gasteiger partial charge in [-0.3, -0.25) is 0 Å². The summed E-state index contributed by atoms with van der Waals surface area (Å²) in [6.07, 6.45) is 0. The van der Waals surface area contributed by atoms with Crippen molar-refractivity contribution in [3.8, 4) is 33.6 Å². The summed E-state index contributed by atoms with van der Waals surface area (Å²) in [6, 6.07) is 35.8. The molecular formula is C27H18O2. The number of fused-ring (bicyclic) bond motifs is 1. The maximum Gasteiger partial charge on any atom is 0.344 e. The quantitative estimate of drug-likeness (QED) is 0.348. The third kappa shape index (κ3) is 3.05. The fourth-order valence-electron chi connectivity index (χ4n) is 3.84. The standard InChI is InChI=1S/C27H18O2/c28-27-25-22(19-11-4-1-5-12-19)17-10-18-23(25)24(20-13-6-2-7-14-20)26(29-27)21-15-8-3-9-16-21/h1-18H. The Bertz CT molecular complexity index is 1340. The van der Waals surface area contributed by atoms with Crippen LogP contribution in [0.2, 0.25) is 0 Å². The number of hydrogen-bond donors (Lipinski definition) is 0. The van der Waals surface area contributed by atoms with E-state index < -0.39 is 0 Å². The van der Waals surface area contributed by atoms with E-state index in [2.05, 4.69) is 12.1 Å². The van der Waals surface area contributed by atoms with E-state index in [0.717, 1.165) is 33.2 Å². The van der Waals surface area contributed by atoms with Gasteiger partial charge in [0.25, 0.3) is 0 Å². The summed E-state index contributed by atoms with van der Waals surface area (Å²) >= 11 is 0. The Morgan fingerprint density at radius 3 is 1.69 bits per heavy atom. The molecule has 2 heteroatoms. The molecule has 0 aliphatic rings. The van der Waals surface area contributed by atoms with Crippen molar-refractivity contribution in [3.05, 3.63) is 120 Å². The molecule has 5 aromatic rings. The third-order valence-electron chi connectivity index (χ3n) is 5.14. The van der Waals surface area contributed by atoms with Crippen molar-refractivity contribution in [1.82, 2.24) is 0 Å². The molecule has 0 spiro atoms. The summed E-state index contributed by atoms with van der Waals surface area (Å²) < 4.78 is 5.97. The van der Waals surface area contributed by atoms with E-state index in [1.165, 1.54) is 0 Å². The summed E-state index contributed by atoms with van der Waals surface area (Å²) in [4.78, 5) is 13.2. The minimum atomic E-state index is -0.321. The first-order valence-electron chi connectivity index (χ1n) is 9.59. The lowest BCUT2D eigenvalue weighted by atomic mass is 9.92. The molecule has 138 valence electrons. The van der Waals surface area contributed by atoms with Crippen molar-refractivity contribution >= 4 is 10.8 Å². The molecule has 0 aliphatic heterocycles. The summed E-state index contributed by atoms with van der Waals surface area (Å²) in [7, 11) is 0. The first-order chi connectivity index (χ1) is 14.3. The van der Waals surface area contributed by atoms with Crippen molar-refractivity contribution in [3.63, 3.8) is 0 Å². The van der Waals surface area contributed by atoms with Crippen LogP contribution < -0.4 is 5.63 Å². The molecule has 0 unspecified atom stereocenters. The van der Waals surface area contributed by atoms with Gasteiger partial charge in [-0.25, -0.2) is 4.79 Å². The Morgan fingerprint density at radius 1 is 0.517 bits per heavy atom. The van der Waals surface area contributed by atoms with Gasteiger partial charge in [-0.15, -0.1) is 0 Å². The lowest BCUT2D eigenvalue weighted by Gasteiger charge is -2.14. The van der Waals surface area contributed by atoms with Crippen LogP contribution in [0.25, 0.3) is 44.3 Å². The van der Waals surface area contributed by atoms with Crippen LogP contribution in [-0.4, -0.2) is 0 Å². The van der Waals surface area contributed by atoms with Gasteiger partial charge in [0.05, 0.1) is 5.39 Å². The zero-order chi connectivity index (χ0) is 19.6. The van der Waals surface area contributed by atoms with E-state index in [9.17, 15) is 4.79 Å². The zero-order valence-electron chi connectivity index (χ0n) is 15.7. The second kappa shape index (κ2) is 7.25. The van der Waals surface area contributed by atoms with Crippen LogP contribution in [0.15, 0.2) is 118 Å². The van der Waals surface area contributed by atoms with Crippen molar-refractivity contribution in [2.24, 2.45) is 0 Å². The van der Waals surface area contributed by atoms with Crippen LogP contribution in [0.4, 0.5) is 0 Å². The number of benzene rings is 4. The van der Waals surface area contributed by atoms with E-state index in [1.807, 2.05) is 97.1 Å². The number of rotatable bonds is 3. The highest BCUT2D eigenvalue weighted by Crippen LogP contribution is 2.39. The molecule has 5 rings (SSSR count). The molecule has 29 heavy (non-hydrogen) atoms. The average molecular weight is 374 g/mol. The Kier molecular flexibility index (Phi) is 4.30. The lowest BCUT2D eigenvalue weighted by Crippen LogP contribution is -2.04. The Hall–Kier alpha value is -3.91. The van der Waals surface area contributed by atoms with E-state index in [1.54, 1.807) is 0 Å². The van der Waals surface area contributed by atoms with Gasteiger partial charge < -0.3 is 4.42 Å². The van der Waals surface area contributed by atoms with Gasteiger partial charge in [0.2, 0.25) is 0 Å². The summed E-state index contributed by atoms with van der Waals surface area (Å²) in [5.74, 6) is 0.597. The molecule has 0 saturated heterocycles. The van der Waals surface area contributed by atoms with E-state index in [4.69, 9.17) is 4.42 Å². The van der Waals surface area contributed by atoms with Crippen molar-refractivity contribution in [2.45, 2.75) is 0 Å². The number of hydrogen-bond acceptors (Lipinski definition) is 2. The van der Waals surface area contributed by atoms with Crippen molar-refractivity contribution < 1.29 is 4.42 Å². The molecule has 2 nitrogen and oxygen atoms in total. The summed E-state index contributed by atoms with van der Waals surface area (Å²) in [6.45, 7) is 0. The average Bonchev–Trinajstić information content (AvgIpc) is 2.80. The van der Waals surface area contributed by atoms with Gasteiger partial charge in [0, 0.05) is 16.5 Å². The van der Waals surface area contributed by atoms with Gasteiger partial charge in [0.15, 0.2) is 0 Å². The molecule has 0 radical (unpaired) electrons. The zero-order valence-corrected chi connectivity index (χ0v) is 15.7. The van der Waals surface area contributed by atoms with Crippen LogP contribution in [0.5, 0.6) is 0 Å². The Morgan fingerprint density at radius 2 is 1.07 bits per heavy atom. The van der Waals surface area contributed by atoms with Crippen LogP contribution in [0.3, 0.4) is 0 Å². The predicted octanol–water partition coefficient (Wildman–Crippen LogP) is 6.79. The van der Waals surface area contributed by atoms with Crippen molar-refractivity contribution in [1.29, 1.82) is 0 Å². The first kappa shape index (κ1) is 17.2. The minimum Gasteiger partial charge on any atom is -0.422 e. The van der Waals surface area contributed by atoms with Crippen LogP contribution in [0, 0.1) is 0 Å². The third-order valence-corrected chi connectivity index (χ3v) is 5.14. The first-order valence-corrected chi connectivity index (χ1v) is 9.59. The molecule has 0 N–H and O–H groups in total. The lowest BCUT2D eigenvalue weighted by molar-refractivity contribution is 0.536. The van der Waals surface area contributed by atoms with E-state index >= 15 is 0 Å². The Labute approximate surface area is 168 Å². The summed E-state index contributed by atoms with van der Waals surface area (Å²) in [5.41, 5.74) is 4.40. The summed E-state index contributed by atoms with van der Waals surface area (Å²) in [5, 5.41) is 1.50.